The van der Waals surface area contributed by atoms with Crippen molar-refractivity contribution in [3.05, 3.63) is 34.6 Å². The van der Waals surface area contributed by atoms with Gasteiger partial charge in [0.25, 0.3) is 11.7 Å². The zero-order valence-electron chi connectivity index (χ0n) is 11.4. The van der Waals surface area contributed by atoms with Gasteiger partial charge in [0.05, 0.1) is 10.6 Å². The number of amides is 1. The van der Waals surface area contributed by atoms with E-state index in [4.69, 9.17) is 27.1 Å². The van der Waals surface area contributed by atoms with E-state index in [-0.39, 0.29) is 11.9 Å². The van der Waals surface area contributed by atoms with Crippen LogP contribution in [0.1, 0.15) is 41.0 Å². The van der Waals surface area contributed by atoms with Crippen LogP contribution in [0.4, 0.5) is 5.82 Å². The van der Waals surface area contributed by atoms with Crippen LogP contribution in [0.15, 0.2) is 16.8 Å². The predicted molar refractivity (Wildman–Crippen MR) is 76.1 cm³/mol. The molecule has 1 aliphatic rings. The molecule has 3 rings (SSSR count). The largest absolute Gasteiger partial charge is 0.363 e. The first-order valence-electron chi connectivity index (χ1n) is 6.56. The highest BCUT2D eigenvalue weighted by Gasteiger charge is 2.33. The maximum Gasteiger partial charge on any atom is 0.290 e. The van der Waals surface area contributed by atoms with E-state index in [0.29, 0.717) is 28.8 Å². The topological polar surface area (TPSA) is 122 Å². The van der Waals surface area contributed by atoms with Gasteiger partial charge < -0.3 is 15.2 Å². The quantitative estimate of drug-likeness (QED) is 0.908. The molecule has 3 heterocycles. The van der Waals surface area contributed by atoms with Gasteiger partial charge in [-0.25, -0.2) is 4.98 Å². The van der Waals surface area contributed by atoms with Crippen LogP contribution in [0.25, 0.3) is 0 Å². The van der Waals surface area contributed by atoms with Gasteiger partial charge in [-0.2, -0.15) is 10.2 Å². The van der Waals surface area contributed by atoms with Crippen molar-refractivity contribution in [2.45, 2.75) is 18.9 Å². The monoisotopic (exact) mass is 318 g/mol. The summed E-state index contributed by atoms with van der Waals surface area (Å²) in [4.78, 5) is 21.2. The number of pyridine rings is 1. The van der Waals surface area contributed by atoms with Gasteiger partial charge in [-0.05, 0) is 18.9 Å². The summed E-state index contributed by atoms with van der Waals surface area (Å²) in [5, 5.41) is 12.8. The first-order chi connectivity index (χ1) is 10.6. The molecular weight excluding hydrogens is 308 g/mol. The molecule has 2 N–H and O–H groups in total. The van der Waals surface area contributed by atoms with Crippen LogP contribution in [0.5, 0.6) is 0 Å². The first kappa shape index (κ1) is 14.3. The van der Waals surface area contributed by atoms with Crippen molar-refractivity contribution in [3.8, 4) is 6.07 Å². The maximum atomic E-state index is 11.1. The number of rotatable bonds is 3. The highest BCUT2D eigenvalue weighted by Crippen LogP contribution is 2.37. The molecule has 1 saturated heterocycles. The minimum Gasteiger partial charge on any atom is -0.363 e. The summed E-state index contributed by atoms with van der Waals surface area (Å²) in [5.41, 5.74) is 5.51. The fourth-order valence-electron chi connectivity index (χ4n) is 2.45. The summed E-state index contributed by atoms with van der Waals surface area (Å²) in [5.74, 6) is -0.0506. The summed E-state index contributed by atoms with van der Waals surface area (Å²) in [6, 6.07) is 3.32. The lowest BCUT2D eigenvalue weighted by Gasteiger charge is -2.23. The molecule has 0 aliphatic carbocycles. The van der Waals surface area contributed by atoms with Crippen molar-refractivity contribution >= 4 is 23.3 Å². The molecule has 1 unspecified atom stereocenters. The van der Waals surface area contributed by atoms with Crippen molar-refractivity contribution in [2.75, 3.05) is 11.4 Å². The Kier molecular flexibility index (Phi) is 3.65. The molecule has 0 aromatic carbocycles. The molecule has 22 heavy (non-hydrogen) atoms. The van der Waals surface area contributed by atoms with E-state index in [9.17, 15) is 4.79 Å². The molecule has 8 nitrogen and oxygen atoms in total. The number of halogens is 1. The van der Waals surface area contributed by atoms with E-state index in [2.05, 4.69) is 15.1 Å². The molecule has 2 aromatic rings. The summed E-state index contributed by atoms with van der Waals surface area (Å²) >= 11 is 6.20. The number of hydrogen-bond acceptors (Lipinski definition) is 7. The van der Waals surface area contributed by atoms with Gasteiger partial charge in [0.2, 0.25) is 5.89 Å². The Labute approximate surface area is 130 Å². The molecule has 2 aromatic heterocycles. The SMILES string of the molecule is N#Cc1cnc(N2CCCC2c2nc(C(N)=O)no2)c(Cl)c1. The van der Waals surface area contributed by atoms with Gasteiger partial charge in [-0.15, -0.1) is 0 Å². The van der Waals surface area contributed by atoms with Crippen LogP contribution in [0.2, 0.25) is 5.02 Å². The second-order valence-electron chi connectivity index (χ2n) is 4.81. The Morgan fingerprint density at radius 2 is 2.41 bits per heavy atom. The van der Waals surface area contributed by atoms with Crippen molar-refractivity contribution in [1.82, 2.24) is 15.1 Å². The Morgan fingerprint density at radius 3 is 3.05 bits per heavy atom. The number of aromatic nitrogens is 3. The van der Waals surface area contributed by atoms with Crippen molar-refractivity contribution in [3.63, 3.8) is 0 Å². The number of nitrogens with zero attached hydrogens (tertiary/aromatic N) is 5. The van der Waals surface area contributed by atoms with E-state index >= 15 is 0 Å². The number of nitriles is 1. The minimum absolute atomic E-state index is 0.152. The third kappa shape index (κ3) is 2.46. The molecule has 1 atom stereocenters. The van der Waals surface area contributed by atoms with Gasteiger partial charge in [0.1, 0.15) is 17.9 Å². The normalized spacial score (nSPS) is 17.5. The fourth-order valence-corrected chi connectivity index (χ4v) is 2.73. The van der Waals surface area contributed by atoms with Gasteiger partial charge in [-0.3, -0.25) is 4.79 Å². The molecular formula is C13H11ClN6O2. The molecule has 0 saturated carbocycles. The van der Waals surface area contributed by atoms with Gasteiger partial charge in [-0.1, -0.05) is 16.8 Å². The Hall–Kier alpha value is -2.66. The number of nitrogens with two attached hydrogens (primary N) is 1. The van der Waals surface area contributed by atoms with Crippen LogP contribution in [0, 0.1) is 11.3 Å². The molecule has 1 amide bonds. The van der Waals surface area contributed by atoms with Gasteiger partial charge in [0.15, 0.2) is 0 Å². The molecule has 0 spiro atoms. The fraction of sp³-hybridized carbons (Fsp3) is 0.308. The van der Waals surface area contributed by atoms with Crippen LogP contribution in [-0.4, -0.2) is 27.6 Å². The first-order valence-corrected chi connectivity index (χ1v) is 6.93. The number of carbonyl (C=O) groups excluding carboxylic acids is 1. The maximum absolute atomic E-state index is 11.1. The minimum atomic E-state index is -0.742. The van der Waals surface area contributed by atoms with E-state index in [0.717, 1.165) is 12.8 Å². The van der Waals surface area contributed by atoms with Crippen LogP contribution < -0.4 is 10.6 Å². The van der Waals surface area contributed by atoms with Crippen molar-refractivity contribution < 1.29 is 9.32 Å². The number of anilines is 1. The van der Waals surface area contributed by atoms with Crippen LogP contribution >= 0.6 is 11.6 Å². The van der Waals surface area contributed by atoms with Gasteiger partial charge >= 0.3 is 0 Å². The molecule has 0 radical (unpaired) electrons. The Morgan fingerprint density at radius 1 is 1.59 bits per heavy atom. The number of primary amides is 1. The summed E-state index contributed by atoms with van der Waals surface area (Å²) in [7, 11) is 0. The van der Waals surface area contributed by atoms with Gasteiger partial charge in [0, 0.05) is 12.7 Å². The molecule has 1 aliphatic heterocycles. The van der Waals surface area contributed by atoms with E-state index < -0.39 is 5.91 Å². The van der Waals surface area contributed by atoms with E-state index in [1.54, 1.807) is 6.07 Å². The average Bonchev–Trinajstić information content (AvgIpc) is 3.15. The second-order valence-corrected chi connectivity index (χ2v) is 5.22. The lowest BCUT2D eigenvalue weighted by atomic mass is 10.2. The summed E-state index contributed by atoms with van der Waals surface area (Å²) < 4.78 is 5.12. The lowest BCUT2D eigenvalue weighted by Crippen LogP contribution is -2.24. The zero-order valence-corrected chi connectivity index (χ0v) is 12.1. The van der Waals surface area contributed by atoms with Crippen molar-refractivity contribution in [2.24, 2.45) is 5.73 Å². The van der Waals surface area contributed by atoms with E-state index in [1.807, 2.05) is 11.0 Å². The van der Waals surface area contributed by atoms with Crippen molar-refractivity contribution in [1.29, 1.82) is 5.26 Å². The standard InChI is InChI=1S/C13H11ClN6O2/c14-8-4-7(5-15)6-17-12(8)20-3-1-2-9(20)13-18-11(10(16)21)19-22-13/h4,6,9H,1-3H2,(H2,16,21). The summed E-state index contributed by atoms with van der Waals surface area (Å²) in [6.07, 6.45) is 3.11. The predicted octanol–water partition coefficient (Wildman–Crippen LogP) is 1.43. The second kappa shape index (κ2) is 5.61. The molecule has 9 heteroatoms. The van der Waals surface area contributed by atoms with Crippen LogP contribution in [-0.2, 0) is 0 Å². The smallest absolute Gasteiger partial charge is 0.290 e. The van der Waals surface area contributed by atoms with E-state index in [1.165, 1.54) is 6.20 Å². The Bertz CT molecular complexity index is 768. The number of carbonyl (C=O) groups is 1. The molecule has 112 valence electrons. The highest BCUT2D eigenvalue weighted by molar-refractivity contribution is 6.33. The summed E-state index contributed by atoms with van der Waals surface area (Å²) in [6.45, 7) is 0.706. The number of hydrogen-bond donors (Lipinski definition) is 1. The third-order valence-corrected chi connectivity index (χ3v) is 3.70. The third-order valence-electron chi connectivity index (χ3n) is 3.42. The average molecular weight is 319 g/mol. The van der Waals surface area contributed by atoms with Crippen LogP contribution in [0.3, 0.4) is 0 Å². The Balaban J connectivity index is 1.93. The lowest BCUT2D eigenvalue weighted by molar-refractivity contribution is 0.0987. The zero-order chi connectivity index (χ0) is 15.7. The molecule has 1 fully saturated rings. The highest BCUT2D eigenvalue weighted by atomic mass is 35.5. The molecule has 0 bridgehead atoms.